The molecule has 1 aromatic heterocycles. The zero-order chi connectivity index (χ0) is 18.3. The van der Waals surface area contributed by atoms with Crippen LogP contribution < -0.4 is 5.43 Å². The van der Waals surface area contributed by atoms with Crippen molar-refractivity contribution < 1.29 is 9.53 Å². The first kappa shape index (κ1) is 17.2. The van der Waals surface area contributed by atoms with E-state index in [1.165, 1.54) is 0 Å². The first-order valence-corrected chi connectivity index (χ1v) is 9.34. The molecule has 0 aliphatic carbocycles. The van der Waals surface area contributed by atoms with Gasteiger partial charge in [-0.2, -0.15) is 0 Å². The number of fused-ring (bicyclic) bond motifs is 4. The Bertz CT molecular complexity index is 897. The van der Waals surface area contributed by atoms with E-state index < -0.39 is 5.97 Å². The number of pyridine rings is 1. The second-order valence-electron chi connectivity index (χ2n) is 7.26. The normalized spacial score (nSPS) is 24.8. The molecular weight excluding hydrogens is 330 g/mol. The Labute approximate surface area is 153 Å². The maximum absolute atomic E-state index is 12.8. The zero-order valence-electron chi connectivity index (χ0n) is 15.4. The quantitative estimate of drug-likeness (QED) is 0.778. The van der Waals surface area contributed by atoms with E-state index >= 15 is 0 Å². The summed E-state index contributed by atoms with van der Waals surface area (Å²) in [6.45, 7) is 10.2. The molecule has 1 unspecified atom stereocenters. The fourth-order valence-electron chi connectivity index (χ4n) is 4.14. The molecule has 6 nitrogen and oxygen atoms in total. The van der Waals surface area contributed by atoms with Crippen molar-refractivity contribution in [2.45, 2.75) is 26.4 Å². The van der Waals surface area contributed by atoms with Gasteiger partial charge in [0.2, 0.25) is 5.43 Å². The summed E-state index contributed by atoms with van der Waals surface area (Å²) in [7, 11) is 0. The first-order valence-electron chi connectivity index (χ1n) is 9.34. The average Bonchev–Trinajstić information content (AvgIpc) is 2.65. The Morgan fingerprint density at radius 3 is 2.65 bits per heavy atom. The maximum Gasteiger partial charge on any atom is 0.343 e. The third-order valence-electron chi connectivity index (χ3n) is 5.53. The summed E-state index contributed by atoms with van der Waals surface area (Å²) in [4.78, 5) is 30.2. The second kappa shape index (κ2) is 6.85. The highest BCUT2D eigenvalue weighted by Crippen LogP contribution is 2.20. The predicted octanol–water partition coefficient (Wildman–Crippen LogP) is 1.49. The van der Waals surface area contributed by atoms with Gasteiger partial charge in [-0.15, -0.1) is 0 Å². The molecule has 0 N–H and O–H groups in total. The molecule has 2 bridgehead atoms. The number of benzene rings is 1. The fourth-order valence-corrected chi connectivity index (χ4v) is 4.14. The van der Waals surface area contributed by atoms with E-state index in [0.717, 1.165) is 50.3 Å². The molecule has 0 saturated carbocycles. The molecule has 0 spiro atoms. The van der Waals surface area contributed by atoms with Crippen molar-refractivity contribution in [3.63, 3.8) is 0 Å². The molecule has 138 valence electrons. The van der Waals surface area contributed by atoms with Crippen molar-refractivity contribution in [1.29, 1.82) is 0 Å². The predicted molar refractivity (Wildman–Crippen MR) is 101 cm³/mol. The summed E-state index contributed by atoms with van der Waals surface area (Å²) in [6, 6.07) is 6.27. The van der Waals surface area contributed by atoms with E-state index in [4.69, 9.17) is 4.74 Å². The number of hydrogen-bond donors (Lipinski definition) is 0. The molecule has 5 rings (SSSR count). The fraction of sp³-hybridized carbons (Fsp3) is 0.500. The number of carbonyl (C=O) groups excluding carboxylic acids is 1. The van der Waals surface area contributed by atoms with Crippen molar-refractivity contribution in [3.8, 4) is 0 Å². The summed E-state index contributed by atoms with van der Waals surface area (Å²) in [5.74, 6) is -0.538. The number of esters is 1. The number of piperazine rings is 3. The zero-order valence-corrected chi connectivity index (χ0v) is 15.4. The Kier molecular flexibility index (Phi) is 4.54. The highest BCUT2D eigenvalue weighted by Gasteiger charge is 2.32. The van der Waals surface area contributed by atoms with Gasteiger partial charge in [-0.1, -0.05) is 11.6 Å². The molecule has 4 heterocycles. The van der Waals surface area contributed by atoms with Gasteiger partial charge in [-0.3, -0.25) is 14.6 Å². The minimum absolute atomic E-state index is 0.126. The molecule has 0 radical (unpaired) electrons. The van der Waals surface area contributed by atoms with E-state index in [2.05, 4.69) is 14.4 Å². The molecule has 3 aliphatic heterocycles. The van der Waals surface area contributed by atoms with E-state index in [1.807, 2.05) is 25.1 Å². The maximum atomic E-state index is 12.8. The van der Waals surface area contributed by atoms with Crippen LogP contribution in [0, 0.1) is 6.92 Å². The van der Waals surface area contributed by atoms with Gasteiger partial charge in [0.05, 0.1) is 12.1 Å². The number of hydrogen-bond acceptors (Lipinski definition) is 5. The molecular formula is C20H25N3O3. The Hall–Kier alpha value is -2.18. The minimum atomic E-state index is -0.538. The van der Waals surface area contributed by atoms with Crippen LogP contribution >= 0.6 is 0 Å². The summed E-state index contributed by atoms with van der Waals surface area (Å²) in [6.07, 6.45) is 1.69. The highest BCUT2D eigenvalue weighted by molar-refractivity contribution is 5.93. The molecule has 1 atom stereocenters. The van der Waals surface area contributed by atoms with Gasteiger partial charge in [0.25, 0.3) is 0 Å². The molecule has 26 heavy (non-hydrogen) atoms. The van der Waals surface area contributed by atoms with Gasteiger partial charge in [-0.05, 0) is 26.0 Å². The lowest BCUT2D eigenvalue weighted by molar-refractivity contribution is 0.00663. The number of carbonyl (C=O) groups is 1. The third kappa shape index (κ3) is 3.04. The number of nitrogens with zero attached hydrogens (tertiary/aromatic N) is 3. The standard InChI is InChI=1S/C20H25N3O3/c1-3-26-20(25)17-13-23(12-15-11-21-6-8-22(15)9-7-21)18-5-4-14(2)10-16(18)19(17)24/h4-5,10,13,15H,3,6-9,11-12H2,1-2H3. The number of aryl methyl sites for hydroxylation is 1. The van der Waals surface area contributed by atoms with Gasteiger partial charge in [0.15, 0.2) is 0 Å². The third-order valence-corrected chi connectivity index (χ3v) is 5.53. The Balaban J connectivity index is 1.78. The summed E-state index contributed by atoms with van der Waals surface area (Å²) in [5, 5.41) is 0.590. The largest absolute Gasteiger partial charge is 0.462 e. The minimum Gasteiger partial charge on any atom is -0.462 e. The molecule has 1 aromatic carbocycles. The Morgan fingerprint density at radius 2 is 2.00 bits per heavy atom. The van der Waals surface area contributed by atoms with E-state index in [-0.39, 0.29) is 17.6 Å². The van der Waals surface area contributed by atoms with E-state index in [1.54, 1.807) is 13.1 Å². The van der Waals surface area contributed by atoms with Crippen molar-refractivity contribution in [2.24, 2.45) is 0 Å². The van der Waals surface area contributed by atoms with Crippen LogP contribution in [0.1, 0.15) is 22.8 Å². The second-order valence-corrected chi connectivity index (χ2v) is 7.26. The van der Waals surface area contributed by atoms with Gasteiger partial charge < -0.3 is 9.30 Å². The topological polar surface area (TPSA) is 54.8 Å². The molecule has 3 saturated heterocycles. The van der Waals surface area contributed by atoms with Crippen LogP contribution in [0.4, 0.5) is 0 Å². The van der Waals surface area contributed by atoms with E-state index in [0.29, 0.717) is 11.4 Å². The van der Waals surface area contributed by atoms with Crippen molar-refractivity contribution >= 4 is 16.9 Å². The molecule has 2 aromatic rings. The lowest BCUT2D eigenvalue weighted by atomic mass is 10.1. The van der Waals surface area contributed by atoms with Crippen LogP contribution in [0.2, 0.25) is 0 Å². The van der Waals surface area contributed by atoms with Crippen LogP contribution in [-0.2, 0) is 11.3 Å². The van der Waals surface area contributed by atoms with Gasteiger partial charge in [-0.25, -0.2) is 4.79 Å². The summed E-state index contributed by atoms with van der Waals surface area (Å²) >= 11 is 0. The van der Waals surface area contributed by atoms with Crippen LogP contribution in [0.15, 0.2) is 29.2 Å². The number of rotatable bonds is 4. The lowest BCUT2D eigenvalue weighted by Crippen LogP contribution is -2.61. The van der Waals surface area contributed by atoms with Crippen LogP contribution in [0.5, 0.6) is 0 Å². The molecule has 0 amide bonds. The molecule has 3 fully saturated rings. The van der Waals surface area contributed by atoms with Gasteiger partial charge in [0.1, 0.15) is 5.56 Å². The Morgan fingerprint density at radius 1 is 1.23 bits per heavy atom. The van der Waals surface area contributed by atoms with E-state index in [9.17, 15) is 9.59 Å². The molecule has 6 heteroatoms. The molecule has 3 aliphatic rings. The van der Waals surface area contributed by atoms with Crippen molar-refractivity contribution in [2.75, 3.05) is 39.3 Å². The monoisotopic (exact) mass is 355 g/mol. The average molecular weight is 355 g/mol. The summed E-state index contributed by atoms with van der Waals surface area (Å²) < 4.78 is 7.18. The van der Waals surface area contributed by atoms with Crippen LogP contribution in [0.3, 0.4) is 0 Å². The van der Waals surface area contributed by atoms with Crippen LogP contribution in [0.25, 0.3) is 10.9 Å². The van der Waals surface area contributed by atoms with Crippen molar-refractivity contribution in [1.82, 2.24) is 14.4 Å². The van der Waals surface area contributed by atoms with Crippen LogP contribution in [-0.4, -0.2) is 65.7 Å². The first-order chi connectivity index (χ1) is 12.6. The number of ether oxygens (including phenoxy) is 1. The smallest absolute Gasteiger partial charge is 0.343 e. The SMILES string of the molecule is CCOC(=O)c1cn(CC2CN3CCN2CC3)c2ccc(C)cc2c1=O. The van der Waals surface area contributed by atoms with Gasteiger partial charge in [0, 0.05) is 56.9 Å². The number of aromatic nitrogens is 1. The lowest BCUT2D eigenvalue weighted by Gasteiger charge is -2.47. The van der Waals surface area contributed by atoms with Gasteiger partial charge >= 0.3 is 5.97 Å². The highest BCUT2D eigenvalue weighted by atomic mass is 16.5. The van der Waals surface area contributed by atoms with Crippen molar-refractivity contribution in [3.05, 3.63) is 45.7 Å². The summed E-state index contributed by atoms with van der Waals surface area (Å²) in [5.41, 5.74) is 1.77.